The maximum atomic E-state index is 12.0. The highest BCUT2D eigenvalue weighted by Crippen LogP contribution is 2.17. The Kier molecular flexibility index (Phi) is 5.54. The summed E-state index contributed by atoms with van der Waals surface area (Å²) in [6, 6.07) is 15.9. The van der Waals surface area contributed by atoms with Crippen molar-refractivity contribution >= 4 is 10.0 Å². The molecule has 0 aliphatic heterocycles. The van der Waals surface area contributed by atoms with E-state index in [9.17, 15) is 8.42 Å². The summed E-state index contributed by atoms with van der Waals surface area (Å²) in [5, 5.41) is 0. The Morgan fingerprint density at radius 3 is 2.23 bits per heavy atom. The number of benzene rings is 2. The van der Waals surface area contributed by atoms with Gasteiger partial charge in [-0.05, 0) is 43.7 Å². The summed E-state index contributed by atoms with van der Waals surface area (Å²) in [5.74, 6) is 0.604. The first kappa shape index (κ1) is 16.5. The topological polar surface area (TPSA) is 64.6 Å². The van der Waals surface area contributed by atoms with E-state index >= 15 is 0 Å². The van der Waals surface area contributed by atoms with E-state index in [2.05, 4.69) is 4.89 Å². The lowest BCUT2D eigenvalue weighted by molar-refractivity contribution is 0.0409. The van der Waals surface area contributed by atoms with Gasteiger partial charge in [0.25, 0.3) is 10.0 Å². The Balaban J connectivity index is 1.98. The zero-order valence-electron chi connectivity index (χ0n) is 12.5. The van der Waals surface area contributed by atoms with Crippen molar-refractivity contribution < 1.29 is 18.0 Å². The van der Waals surface area contributed by atoms with Gasteiger partial charge in [-0.15, -0.1) is 0 Å². The van der Waals surface area contributed by atoms with Crippen LogP contribution < -0.4 is 9.62 Å². The second-order valence-electron chi connectivity index (χ2n) is 5.00. The molecule has 0 unspecified atom stereocenters. The van der Waals surface area contributed by atoms with Crippen LogP contribution in [0, 0.1) is 0 Å². The van der Waals surface area contributed by atoms with Gasteiger partial charge < -0.3 is 4.74 Å². The fourth-order valence-electron chi connectivity index (χ4n) is 1.66. The smallest absolute Gasteiger partial charge is 0.262 e. The van der Waals surface area contributed by atoms with Crippen LogP contribution in [0.4, 0.5) is 0 Å². The second kappa shape index (κ2) is 7.40. The zero-order valence-corrected chi connectivity index (χ0v) is 13.3. The fraction of sp³-hybridized carbons (Fsp3) is 0.250. The van der Waals surface area contributed by atoms with Crippen molar-refractivity contribution in [2.75, 3.05) is 0 Å². The molecule has 0 fully saturated rings. The van der Waals surface area contributed by atoms with Gasteiger partial charge >= 0.3 is 0 Å². The van der Waals surface area contributed by atoms with Crippen molar-refractivity contribution in [1.82, 2.24) is 4.89 Å². The van der Waals surface area contributed by atoms with Gasteiger partial charge in [0.15, 0.2) is 0 Å². The molecule has 0 radical (unpaired) electrons. The predicted molar refractivity (Wildman–Crippen MR) is 83.8 cm³/mol. The van der Waals surface area contributed by atoms with E-state index < -0.39 is 10.0 Å². The number of nitrogens with one attached hydrogen (secondary N) is 1. The zero-order chi connectivity index (χ0) is 16.0. The molecular weight excluding hydrogens is 302 g/mol. The van der Waals surface area contributed by atoms with Gasteiger partial charge in [0, 0.05) is 0 Å². The highest BCUT2D eigenvalue weighted by molar-refractivity contribution is 7.89. The Hall–Kier alpha value is -1.89. The third-order valence-electron chi connectivity index (χ3n) is 2.78. The molecule has 0 aromatic heterocycles. The summed E-state index contributed by atoms with van der Waals surface area (Å²) in [6.45, 7) is 3.91. The van der Waals surface area contributed by atoms with E-state index in [1.165, 1.54) is 12.1 Å². The van der Waals surface area contributed by atoms with E-state index in [-0.39, 0.29) is 11.0 Å². The lowest BCUT2D eigenvalue weighted by Gasteiger charge is -2.10. The first-order valence-corrected chi connectivity index (χ1v) is 8.40. The van der Waals surface area contributed by atoms with Crippen molar-refractivity contribution in [2.45, 2.75) is 31.5 Å². The molecule has 0 aliphatic carbocycles. The molecule has 2 aromatic carbocycles. The summed E-state index contributed by atoms with van der Waals surface area (Å²) in [4.78, 5) is 7.14. The molecule has 22 heavy (non-hydrogen) atoms. The summed E-state index contributed by atoms with van der Waals surface area (Å²) in [5.41, 5.74) is 1.05. The van der Waals surface area contributed by atoms with Gasteiger partial charge in [-0.1, -0.05) is 35.2 Å². The highest BCUT2D eigenvalue weighted by Gasteiger charge is 2.14. The first-order valence-electron chi connectivity index (χ1n) is 6.91. The molecule has 1 N–H and O–H groups in total. The van der Waals surface area contributed by atoms with Crippen LogP contribution in [0.25, 0.3) is 0 Å². The summed E-state index contributed by atoms with van der Waals surface area (Å²) in [6.07, 6.45) is -0.233. The molecule has 0 bridgehead atoms. The second-order valence-corrected chi connectivity index (χ2v) is 6.64. The number of ether oxygens (including phenoxy) is 1. The normalized spacial score (nSPS) is 11.6. The van der Waals surface area contributed by atoms with Crippen molar-refractivity contribution in [2.24, 2.45) is 0 Å². The average Bonchev–Trinajstić information content (AvgIpc) is 2.52. The van der Waals surface area contributed by atoms with Crippen LogP contribution in [0.1, 0.15) is 19.4 Å². The molecular formula is C16H19NO4S. The lowest BCUT2D eigenvalue weighted by Crippen LogP contribution is -2.27. The van der Waals surface area contributed by atoms with E-state index in [1.807, 2.05) is 30.3 Å². The molecule has 0 saturated carbocycles. The molecule has 0 spiro atoms. The van der Waals surface area contributed by atoms with Crippen LogP contribution in [0.5, 0.6) is 5.75 Å². The molecule has 2 rings (SSSR count). The highest BCUT2D eigenvalue weighted by atomic mass is 32.2. The molecule has 0 saturated heterocycles. The minimum Gasteiger partial charge on any atom is -0.489 e. The average molecular weight is 321 g/mol. The Bertz CT molecular complexity index is 682. The van der Waals surface area contributed by atoms with E-state index in [1.54, 1.807) is 26.0 Å². The molecule has 0 aliphatic rings. The number of hydrogen-bond donors (Lipinski definition) is 1. The SMILES string of the molecule is CC(C)ONS(=O)(=O)c1ccc(OCc2ccccc2)cc1. The number of sulfonamides is 1. The molecule has 6 heteroatoms. The molecule has 0 heterocycles. The van der Waals surface area contributed by atoms with Crippen LogP contribution in [0.2, 0.25) is 0 Å². The van der Waals surface area contributed by atoms with Gasteiger partial charge in [0.1, 0.15) is 12.4 Å². The van der Waals surface area contributed by atoms with Crippen molar-refractivity contribution in [1.29, 1.82) is 0 Å². The third-order valence-corrected chi connectivity index (χ3v) is 3.98. The molecule has 0 atom stereocenters. The van der Waals surface area contributed by atoms with Gasteiger partial charge in [-0.3, -0.25) is 4.84 Å². The molecule has 0 amide bonds. The standard InChI is InChI=1S/C16H19NO4S/c1-13(2)21-17-22(18,19)16-10-8-15(9-11-16)20-12-14-6-4-3-5-7-14/h3-11,13,17H,12H2,1-2H3. The van der Waals surface area contributed by atoms with E-state index in [0.717, 1.165) is 5.56 Å². The summed E-state index contributed by atoms with van der Waals surface area (Å²) < 4.78 is 29.5. The Morgan fingerprint density at radius 2 is 1.64 bits per heavy atom. The molecule has 5 nitrogen and oxygen atoms in total. The largest absolute Gasteiger partial charge is 0.489 e. The van der Waals surface area contributed by atoms with Gasteiger partial charge in [0.05, 0.1) is 11.0 Å². The predicted octanol–water partition coefficient (Wildman–Crippen LogP) is 2.88. The van der Waals surface area contributed by atoms with Gasteiger partial charge in [-0.2, -0.15) is 0 Å². The van der Waals surface area contributed by atoms with Crippen LogP contribution in [0.15, 0.2) is 59.5 Å². The third kappa shape index (κ3) is 4.84. The van der Waals surface area contributed by atoms with Crippen LogP contribution in [-0.4, -0.2) is 14.5 Å². The number of rotatable bonds is 7. The first-order chi connectivity index (χ1) is 10.5. The minimum absolute atomic E-state index is 0.125. The number of hydrogen-bond acceptors (Lipinski definition) is 4. The summed E-state index contributed by atoms with van der Waals surface area (Å²) in [7, 11) is -3.67. The van der Waals surface area contributed by atoms with Gasteiger partial charge in [0.2, 0.25) is 0 Å². The van der Waals surface area contributed by atoms with Crippen LogP contribution in [-0.2, 0) is 21.5 Å². The van der Waals surface area contributed by atoms with Crippen molar-refractivity contribution in [3.63, 3.8) is 0 Å². The van der Waals surface area contributed by atoms with Gasteiger partial charge in [-0.25, -0.2) is 8.42 Å². The Morgan fingerprint density at radius 1 is 1.00 bits per heavy atom. The quantitative estimate of drug-likeness (QED) is 0.796. The lowest BCUT2D eigenvalue weighted by atomic mass is 10.2. The monoisotopic (exact) mass is 321 g/mol. The molecule has 118 valence electrons. The maximum absolute atomic E-state index is 12.0. The molecule has 2 aromatic rings. The van der Waals surface area contributed by atoms with E-state index in [4.69, 9.17) is 9.57 Å². The summed E-state index contributed by atoms with van der Waals surface area (Å²) >= 11 is 0. The maximum Gasteiger partial charge on any atom is 0.262 e. The van der Waals surface area contributed by atoms with Crippen LogP contribution in [0.3, 0.4) is 0 Å². The van der Waals surface area contributed by atoms with Crippen LogP contribution >= 0.6 is 0 Å². The van der Waals surface area contributed by atoms with Crippen molar-refractivity contribution in [3.05, 3.63) is 60.2 Å². The van der Waals surface area contributed by atoms with E-state index in [0.29, 0.717) is 12.4 Å². The fourth-order valence-corrected chi connectivity index (χ4v) is 2.57. The minimum atomic E-state index is -3.67. The van der Waals surface area contributed by atoms with Crippen molar-refractivity contribution in [3.8, 4) is 5.75 Å². The Labute approximate surface area is 130 Å².